The maximum absolute atomic E-state index is 5.15. The van der Waals surface area contributed by atoms with Crippen molar-refractivity contribution in [3.05, 3.63) is 11.6 Å². The smallest absolute Gasteiger partial charge is 0.146 e. The molecule has 0 aliphatic heterocycles. The quantitative estimate of drug-likeness (QED) is 0.549. The minimum Gasteiger partial charge on any atom is -0.317 e. The van der Waals surface area contributed by atoms with Crippen LogP contribution in [-0.2, 0) is 13.6 Å². The van der Waals surface area contributed by atoms with Crippen LogP contribution in [0.15, 0.2) is 0 Å². The van der Waals surface area contributed by atoms with Crippen LogP contribution in [-0.4, -0.2) is 21.3 Å². The molecule has 4 nitrogen and oxygen atoms in total. The molecule has 76 valence electrons. The molecule has 4 heteroatoms. The van der Waals surface area contributed by atoms with E-state index in [1.807, 2.05) is 18.5 Å². The Kier molecular flexibility index (Phi) is 4.14. The lowest BCUT2D eigenvalue weighted by Gasteiger charge is -2.02. The first-order valence-electron chi connectivity index (χ1n) is 4.74. The SMILES string of the molecule is C#CCCCNCc1nnc(C)n1C. The number of aromatic nitrogens is 3. The summed E-state index contributed by atoms with van der Waals surface area (Å²) in [5.74, 6) is 4.51. The third-order valence-electron chi connectivity index (χ3n) is 2.14. The molecular formula is C10H16N4. The Labute approximate surface area is 84.7 Å². The van der Waals surface area contributed by atoms with Crippen molar-refractivity contribution in [2.45, 2.75) is 26.3 Å². The van der Waals surface area contributed by atoms with Gasteiger partial charge in [0.05, 0.1) is 6.54 Å². The number of terminal acetylenes is 1. The summed E-state index contributed by atoms with van der Waals surface area (Å²) in [4.78, 5) is 0. The molecular weight excluding hydrogens is 176 g/mol. The minimum absolute atomic E-state index is 0.752. The Balaban J connectivity index is 2.25. The van der Waals surface area contributed by atoms with Gasteiger partial charge in [0.25, 0.3) is 0 Å². The van der Waals surface area contributed by atoms with Gasteiger partial charge in [0.15, 0.2) is 0 Å². The molecule has 0 aliphatic carbocycles. The normalized spacial score (nSPS) is 10.1. The third-order valence-corrected chi connectivity index (χ3v) is 2.14. The van der Waals surface area contributed by atoms with E-state index in [-0.39, 0.29) is 0 Å². The van der Waals surface area contributed by atoms with Crippen molar-refractivity contribution in [3.8, 4) is 12.3 Å². The zero-order valence-electron chi connectivity index (χ0n) is 8.75. The highest BCUT2D eigenvalue weighted by molar-refractivity contribution is 4.91. The number of aryl methyl sites for hydroxylation is 1. The van der Waals surface area contributed by atoms with E-state index < -0.39 is 0 Å². The fourth-order valence-corrected chi connectivity index (χ4v) is 1.12. The summed E-state index contributed by atoms with van der Waals surface area (Å²) in [5, 5.41) is 11.3. The zero-order chi connectivity index (χ0) is 10.4. The van der Waals surface area contributed by atoms with Crippen molar-refractivity contribution in [1.29, 1.82) is 0 Å². The Morgan fingerprint density at radius 3 is 2.86 bits per heavy atom. The molecule has 0 aromatic carbocycles. The summed E-state index contributed by atoms with van der Waals surface area (Å²) in [6.07, 6.45) is 6.98. The number of rotatable bonds is 5. The molecule has 0 unspecified atom stereocenters. The number of hydrogen-bond donors (Lipinski definition) is 1. The Morgan fingerprint density at radius 1 is 1.50 bits per heavy atom. The van der Waals surface area contributed by atoms with Crippen LogP contribution in [0.5, 0.6) is 0 Å². The summed E-state index contributed by atoms with van der Waals surface area (Å²) in [5.41, 5.74) is 0. The van der Waals surface area contributed by atoms with Gasteiger partial charge in [-0.2, -0.15) is 0 Å². The van der Waals surface area contributed by atoms with E-state index in [4.69, 9.17) is 6.42 Å². The highest BCUT2D eigenvalue weighted by atomic mass is 15.3. The van der Waals surface area contributed by atoms with Gasteiger partial charge in [-0.25, -0.2) is 0 Å². The van der Waals surface area contributed by atoms with Gasteiger partial charge >= 0.3 is 0 Å². The van der Waals surface area contributed by atoms with Gasteiger partial charge in [-0.3, -0.25) is 0 Å². The molecule has 0 atom stereocenters. The van der Waals surface area contributed by atoms with Crippen LogP contribution in [0, 0.1) is 19.3 Å². The lowest BCUT2D eigenvalue weighted by Crippen LogP contribution is -2.17. The van der Waals surface area contributed by atoms with Gasteiger partial charge in [-0.1, -0.05) is 0 Å². The first-order chi connectivity index (χ1) is 6.75. The molecule has 1 rings (SSSR count). The second kappa shape index (κ2) is 5.40. The molecule has 1 aromatic rings. The van der Waals surface area contributed by atoms with Gasteiger partial charge in [-0.15, -0.1) is 22.5 Å². The maximum Gasteiger partial charge on any atom is 0.146 e. The van der Waals surface area contributed by atoms with E-state index in [0.717, 1.165) is 37.6 Å². The van der Waals surface area contributed by atoms with Gasteiger partial charge in [-0.05, 0) is 19.9 Å². The van der Waals surface area contributed by atoms with Crippen molar-refractivity contribution in [2.75, 3.05) is 6.54 Å². The van der Waals surface area contributed by atoms with Crippen molar-refractivity contribution >= 4 is 0 Å². The molecule has 0 bridgehead atoms. The van der Waals surface area contributed by atoms with E-state index in [1.54, 1.807) is 0 Å². The average molecular weight is 192 g/mol. The van der Waals surface area contributed by atoms with Gasteiger partial charge < -0.3 is 9.88 Å². The van der Waals surface area contributed by atoms with Gasteiger partial charge in [0.1, 0.15) is 11.6 Å². The molecule has 0 aliphatic rings. The fraction of sp³-hybridized carbons (Fsp3) is 0.600. The maximum atomic E-state index is 5.15. The second-order valence-electron chi connectivity index (χ2n) is 3.21. The van der Waals surface area contributed by atoms with E-state index in [1.165, 1.54) is 0 Å². The molecule has 14 heavy (non-hydrogen) atoms. The summed E-state index contributed by atoms with van der Waals surface area (Å²) >= 11 is 0. The summed E-state index contributed by atoms with van der Waals surface area (Å²) < 4.78 is 1.98. The Hall–Kier alpha value is -1.34. The lowest BCUT2D eigenvalue weighted by molar-refractivity contribution is 0.616. The monoisotopic (exact) mass is 192 g/mol. The number of nitrogens with one attached hydrogen (secondary N) is 1. The van der Waals surface area contributed by atoms with Crippen LogP contribution >= 0.6 is 0 Å². The molecule has 0 fully saturated rings. The average Bonchev–Trinajstić information content (AvgIpc) is 2.49. The molecule has 1 heterocycles. The highest BCUT2D eigenvalue weighted by Gasteiger charge is 2.02. The van der Waals surface area contributed by atoms with E-state index in [2.05, 4.69) is 21.4 Å². The third kappa shape index (κ3) is 2.86. The summed E-state index contributed by atoms with van der Waals surface area (Å²) in [6.45, 7) is 3.62. The van der Waals surface area contributed by atoms with Crippen molar-refractivity contribution in [3.63, 3.8) is 0 Å². The number of hydrogen-bond acceptors (Lipinski definition) is 3. The van der Waals surface area contributed by atoms with Crippen molar-refractivity contribution < 1.29 is 0 Å². The molecule has 1 N–H and O–H groups in total. The molecule has 0 amide bonds. The van der Waals surface area contributed by atoms with Crippen LogP contribution in [0.2, 0.25) is 0 Å². The Morgan fingerprint density at radius 2 is 2.29 bits per heavy atom. The highest BCUT2D eigenvalue weighted by Crippen LogP contribution is 1.96. The first kappa shape index (κ1) is 10.7. The molecule has 0 spiro atoms. The van der Waals surface area contributed by atoms with Crippen LogP contribution in [0.1, 0.15) is 24.5 Å². The van der Waals surface area contributed by atoms with Crippen LogP contribution in [0.25, 0.3) is 0 Å². The van der Waals surface area contributed by atoms with Gasteiger partial charge in [0.2, 0.25) is 0 Å². The summed E-state index contributed by atoms with van der Waals surface area (Å²) in [7, 11) is 1.97. The zero-order valence-corrected chi connectivity index (χ0v) is 8.75. The number of nitrogens with zero attached hydrogens (tertiary/aromatic N) is 3. The first-order valence-corrected chi connectivity index (χ1v) is 4.74. The van der Waals surface area contributed by atoms with Crippen LogP contribution in [0.4, 0.5) is 0 Å². The minimum atomic E-state index is 0.752. The van der Waals surface area contributed by atoms with E-state index in [0.29, 0.717) is 0 Å². The van der Waals surface area contributed by atoms with Gasteiger partial charge in [0, 0.05) is 13.5 Å². The Bertz CT molecular complexity index is 321. The summed E-state index contributed by atoms with van der Waals surface area (Å²) in [6, 6.07) is 0. The number of unbranched alkanes of at least 4 members (excludes halogenated alkanes) is 1. The van der Waals surface area contributed by atoms with Crippen molar-refractivity contribution in [1.82, 2.24) is 20.1 Å². The molecule has 0 saturated carbocycles. The van der Waals surface area contributed by atoms with Crippen LogP contribution < -0.4 is 5.32 Å². The van der Waals surface area contributed by atoms with E-state index in [9.17, 15) is 0 Å². The molecule has 0 radical (unpaired) electrons. The van der Waals surface area contributed by atoms with Crippen molar-refractivity contribution in [2.24, 2.45) is 7.05 Å². The molecule has 0 saturated heterocycles. The largest absolute Gasteiger partial charge is 0.317 e. The van der Waals surface area contributed by atoms with Crippen LogP contribution in [0.3, 0.4) is 0 Å². The lowest BCUT2D eigenvalue weighted by atomic mass is 10.3. The fourth-order valence-electron chi connectivity index (χ4n) is 1.12. The predicted octanol–water partition coefficient (Wildman–Crippen LogP) is 0.627. The van der Waals surface area contributed by atoms with E-state index >= 15 is 0 Å². The standard InChI is InChI=1S/C10H16N4/c1-4-5-6-7-11-8-10-13-12-9(2)14(10)3/h1,11H,5-8H2,2-3H3. The predicted molar refractivity (Wildman–Crippen MR) is 55.5 cm³/mol. The molecule has 1 aromatic heterocycles. The second-order valence-corrected chi connectivity index (χ2v) is 3.21. The topological polar surface area (TPSA) is 42.7 Å².